The molecule has 0 aliphatic carbocycles. The van der Waals surface area contributed by atoms with Crippen LogP contribution >= 0.6 is 0 Å². The molecule has 7 heteroatoms. The predicted octanol–water partition coefficient (Wildman–Crippen LogP) is 4.51. The van der Waals surface area contributed by atoms with E-state index in [1.165, 1.54) is 7.11 Å². The zero-order valence-electron chi connectivity index (χ0n) is 17.9. The van der Waals surface area contributed by atoms with E-state index in [0.29, 0.717) is 17.8 Å². The number of ether oxygens (including phenoxy) is 1. The molecule has 32 heavy (non-hydrogen) atoms. The largest absolute Gasteiger partial charge is 0.464 e. The summed E-state index contributed by atoms with van der Waals surface area (Å²) in [6.07, 6.45) is 6.86. The second-order valence-corrected chi connectivity index (χ2v) is 7.91. The highest BCUT2D eigenvalue weighted by Crippen LogP contribution is 2.33. The Labute approximate surface area is 185 Å². The maximum Gasteiger partial charge on any atom is 0.354 e. The monoisotopic (exact) mass is 426 g/mol. The van der Waals surface area contributed by atoms with Gasteiger partial charge in [0.15, 0.2) is 0 Å². The van der Waals surface area contributed by atoms with Crippen LogP contribution in [-0.4, -0.2) is 40.5 Å². The van der Waals surface area contributed by atoms with E-state index in [-0.39, 0.29) is 5.91 Å². The number of carbonyl (C=O) groups excluding carboxylic acids is 2. The summed E-state index contributed by atoms with van der Waals surface area (Å²) in [7, 11) is 1.35. The van der Waals surface area contributed by atoms with Crippen LogP contribution in [0.15, 0.2) is 55.0 Å². The first-order chi connectivity index (χ1) is 15.5. The van der Waals surface area contributed by atoms with Gasteiger partial charge in [0, 0.05) is 53.8 Å². The fourth-order valence-electron chi connectivity index (χ4n) is 4.29. The summed E-state index contributed by atoms with van der Waals surface area (Å²) in [4.78, 5) is 37.7. The van der Waals surface area contributed by atoms with E-state index in [1.54, 1.807) is 18.5 Å². The maximum absolute atomic E-state index is 12.1. The number of aryl methyl sites for hydroxylation is 1. The number of aromatic nitrogens is 3. The number of hydrogen-bond acceptors (Lipinski definition) is 5. The van der Waals surface area contributed by atoms with Gasteiger partial charge in [-0.15, -0.1) is 0 Å². The molecule has 7 nitrogen and oxygen atoms in total. The third kappa shape index (κ3) is 3.41. The molecular weight excluding hydrogens is 404 g/mol. The van der Waals surface area contributed by atoms with Gasteiger partial charge >= 0.3 is 5.97 Å². The highest BCUT2D eigenvalue weighted by Gasteiger charge is 2.22. The predicted molar refractivity (Wildman–Crippen MR) is 122 cm³/mol. The minimum atomic E-state index is -0.437. The fourth-order valence-corrected chi connectivity index (χ4v) is 4.29. The fraction of sp³-hybridized carbons (Fsp3) is 0.200. The van der Waals surface area contributed by atoms with Crippen LogP contribution in [0.25, 0.3) is 33.3 Å². The lowest BCUT2D eigenvalue weighted by molar-refractivity contribution is -0.117. The van der Waals surface area contributed by atoms with Crippen molar-refractivity contribution in [3.8, 4) is 22.3 Å². The number of pyridine rings is 2. The van der Waals surface area contributed by atoms with Crippen molar-refractivity contribution in [2.75, 3.05) is 18.6 Å². The summed E-state index contributed by atoms with van der Waals surface area (Å²) in [5.41, 5.74) is 6.87. The lowest BCUT2D eigenvalue weighted by Gasteiger charge is -2.18. The van der Waals surface area contributed by atoms with Gasteiger partial charge in [-0.2, -0.15) is 0 Å². The van der Waals surface area contributed by atoms with E-state index in [0.717, 1.165) is 51.9 Å². The first-order valence-corrected chi connectivity index (χ1v) is 10.5. The summed E-state index contributed by atoms with van der Waals surface area (Å²) < 4.78 is 4.82. The lowest BCUT2D eigenvalue weighted by Crippen LogP contribution is -2.23. The van der Waals surface area contributed by atoms with Crippen LogP contribution in [-0.2, 0) is 9.53 Å². The Balaban J connectivity index is 1.54. The Hall–Kier alpha value is -4.00. The first-order valence-electron chi connectivity index (χ1n) is 10.5. The molecule has 0 radical (unpaired) electrons. The molecule has 5 rings (SSSR count). The molecule has 1 aliphatic rings. The molecule has 0 bridgehead atoms. The van der Waals surface area contributed by atoms with Gasteiger partial charge < -0.3 is 14.6 Å². The summed E-state index contributed by atoms with van der Waals surface area (Å²) in [6, 6.07) is 11.8. The normalized spacial score (nSPS) is 13.7. The number of nitrogens with one attached hydrogen (secondary N) is 1. The Morgan fingerprint density at radius 3 is 2.62 bits per heavy atom. The molecular formula is C25H22N4O3. The van der Waals surface area contributed by atoms with Crippen LogP contribution in [0.2, 0.25) is 0 Å². The van der Waals surface area contributed by atoms with Crippen molar-refractivity contribution in [3.05, 3.63) is 66.2 Å². The van der Waals surface area contributed by atoms with Crippen molar-refractivity contribution in [1.29, 1.82) is 0 Å². The Kier molecular flexibility index (Phi) is 4.93. The van der Waals surface area contributed by atoms with E-state index < -0.39 is 5.97 Å². The highest BCUT2D eigenvalue weighted by atomic mass is 16.5. The summed E-state index contributed by atoms with van der Waals surface area (Å²) in [5.74, 6) is -0.256. The van der Waals surface area contributed by atoms with Crippen LogP contribution in [0.5, 0.6) is 0 Å². The zero-order valence-corrected chi connectivity index (χ0v) is 17.9. The first kappa shape index (κ1) is 19.9. The van der Waals surface area contributed by atoms with Crippen molar-refractivity contribution in [2.45, 2.75) is 19.8 Å². The Morgan fingerprint density at radius 1 is 1.09 bits per heavy atom. The Morgan fingerprint density at radius 2 is 1.91 bits per heavy atom. The lowest BCUT2D eigenvalue weighted by atomic mass is 9.97. The molecule has 1 saturated heterocycles. The van der Waals surface area contributed by atoms with E-state index in [1.807, 2.05) is 36.2 Å². The number of rotatable bonds is 4. The van der Waals surface area contributed by atoms with Crippen molar-refractivity contribution in [2.24, 2.45) is 0 Å². The van der Waals surface area contributed by atoms with Crippen molar-refractivity contribution in [1.82, 2.24) is 15.0 Å². The zero-order chi connectivity index (χ0) is 22.2. The number of amides is 1. The molecule has 0 saturated carbocycles. The third-order valence-corrected chi connectivity index (χ3v) is 5.89. The van der Waals surface area contributed by atoms with E-state index >= 15 is 0 Å². The number of hydrogen-bond donors (Lipinski definition) is 1. The summed E-state index contributed by atoms with van der Waals surface area (Å²) >= 11 is 0. The van der Waals surface area contributed by atoms with Gasteiger partial charge in [-0.05, 0) is 60.4 Å². The number of carbonyl (C=O) groups is 2. The molecule has 4 aromatic rings. The van der Waals surface area contributed by atoms with Gasteiger partial charge in [0.05, 0.1) is 7.11 Å². The minimum absolute atomic E-state index is 0.181. The molecule has 4 heterocycles. The molecule has 0 unspecified atom stereocenters. The number of nitrogens with zero attached hydrogens (tertiary/aromatic N) is 3. The number of methoxy groups -OCH3 is 1. The van der Waals surface area contributed by atoms with Crippen LogP contribution in [0.4, 0.5) is 5.69 Å². The third-order valence-electron chi connectivity index (χ3n) is 5.89. The second kappa shape index (κ2) is 7.92. The summed E-state index contributed by atoms with van der Waals surface area (Å²) in [6.45, 7) is 2.82. The molecule has 1 fully saturated rings. The van der Waals surface area contributed by atoms with Crippen molar-refractivity contribution < 1.29 is 14.3 Å². The average molecular weight is 426 g/mol. The quantitative estimate of drug-likeness (QED) is 0.485. The smallest absolute Gasteiger partial charge is 0.354 e. The van der Waals surface area contributed by atoms with Crippen LogP contribution in [0, 0.1) is 6.92 Å². The number of aromatic amines is 1. The van der Waals surface area contributed by atoms with Crippen LogP contribution < -0.4 is 4.90 Å². The molecule has 1 aliphatic heterocycles. The standard InChI is InChI=1S/C25H22N4O3/c1-15-10-18(29-9-3-4-23(29)30)5-6-19(15)16-11-17(14-26-13-16)20-7-8-27-24-21(20)12-22(28-24)25(31)32-2/h5-8,10-14H,3-4,9H2,1-2H3,(H,27,28). The topological polar surface area (TPSA) is 88.2 Å². The number of esters is 1. The molecule has 0 atom stereocenters. The van der Waals surface area contributed by atoms with Gasteiger partial charge in [0.1, 0.15) is 11.3 Å². The van der Waals surface area contributed by atoms with Gasteiger partial charge in [0.25, 0.3) is 0 Å². The molecule has 1 N–H and O–H groups in total. The Bertz CT molecular complexity index is 1360. The van der Waals surface area contributed by atoms with Crippen LogP contribution in [0.3, 0.4) is 0 Å². The highest BCUT2D eigenvalue weighted by molar-refractivity contribution is 6.00. The molecule has 1 aromatic carbocycles. The molecule has 160 valence electrons. The van der Waals surface area contributed by atoms with E-state index in [4.69, 9.17) is 4.74 Å². The van der Waals surface area contributed by atoms with Gasteiger partial charge in [-0.1, -0.05) is 6.07 Å². The van der Waals surface area contributed by atoms with E-state index in [9.17, 15) is 9.59 Å². The molecule has 0 spiro atoms. The number of benzene rings is 1. The number of fused-ring (bicyclic) bond motifs is 1. The van der Waals surface area contributed by atoms with Crippen molar-refractivity contribution in [3.63, 3.8) is 0 Å². The molecule has 3 aromatic heterocycles. The van der Waals surface area contributed by atoms with Gasteiger partial charge in [-0.25, -0.2) is 9.78 Å². The number of anilines is 1. The van der Waals surface area contributed by atoms with E-state index in [2.05, 4.69) is 27.1 Å². The van der Waals surface area contributed by atoms with Gasteiger partial charge in [0.2, 0.25) is 5.91 Å². The summed E-state index contributed by atoms with van der Waals surface area (Å²) in [5, 5.41) is 0.825. The second-order valence-electron chi connectivity index (χ2n) is 7.91. The maximum atomic E-state index is 12.1. The minimum Gasteiger partial charge on any atom is -0.464 e. The van der Waals surface area contributed by atoms with Crippen molar-refractivity contribution >= 4 is 28.6 Å². The average Bonchev–Trinajstić information content (AvgIpc) is 3.44. The number of H-pyrrole nitrogens is 1. The van der Waals surface area contributed by atoms with Gasteiger partial charge in [-0.3, -0.25) is 9.78 Å². The molecule has 1 amide bonds. The van der Waals surface area contributed by atoms with Crippen LogP contribution in [0.1, 0.15) is 28.9 Å². The SMILES string of the molecule is COC(=O)c1cc2c(-c3cncc(-c4ccc(N5CCCC5=O)cc4C)c3)ccnc2[nH]1.